The molecule has 3 aromatic heterocycles. The Hall–Kier alpha value is -2.37. The van der Waals surface area contributed by atoms with Crippen molar-refractivity contribution < 1.29 is 4.42 Å². The maximum Gasteiger partial charge on any atom is 0.216 e. The molecular formula is C19H29IN8O. The van der Waals surface area contributed by atoms with Crippen LogP contribution in [0.1, 0.15) is 43.8 Å². The van der Waals surface area contributed by atoms with Crippen LogP contribution in [-0.4, -0.2) is 49.4 Å². The summed E-state index contributed by atoms with van der Waals surface area (Å²) >= 11 is 0. The van der Waals surface area contributed by atoms with E-state index in [0.717, 1.165) is 24.7 Å². The predicted molar refractivity (Wildman–Crippen MR) is 123 cm³/mol. The minimum atomic E-state index is 0. The van der Waals surface area contributed by atoms with E-state index < -0.39 is 0 Å². The molecule has 0 aliphatic carbocycles. The summed E-state index contributed by atoms with van der Waals surface area (Å²) < 4.78 is 7.19. The highest BCUT2D eigenvalue weighted by Crippen LogP contribution is 2.19. The number of aromatic nitrogens is 5. The number of guanidine groups is 1. The number of aromatic amines is 1. The Bertz CT molecular complexity index is 913. The fourth-order valence-electron chi connectivity index (χ4n) is 2.99. The third-order valence-electron chi connectivity index (χ3n) is 4.24. The first-order chi connectivity index (χ1) is 13.5. The van der Waals surface area contributed by atoms with Gasteiger partial charge in [-0.1, -0.05) is 13.8 Å². The third kappa shape index (κ3) is 5.81. The van der Waals surface area contributed by atoms with Gasteiger partial charge < -0.3 is 14.6 Å². The van der Waals surface area contributed by atoms with E-state index in [9.17, 15) is 0 Å². The monoisotopic (exact) mass is 512 g/mol. The molecule has 3 rings (SSSR count). The summed E-state index contributed by atoms with van der Waals surface area (Å²) in [5.41, 5.74) is 2.31. The fraction of sp³-hybridized carbons (Fsp3) is 0.474. The van der Waals surface area contributed by atoms with Crippen molar-refractivity contribution in [1.29, 1.82) is 0 Å². The third-order valence-corrected chi connectivity index (χ3v) is 4.24. The van der Waals surface area contributed by atoms with Crippen LogP contribution in [0.5, 0.6) is 0 Å². The summed E-state index contributed by atoms with van der Waals surface area (Å²) in [4.78, 5) is 11.2. The quantitative estimate of drug-likeness (QED) is 0.287. The van der Waals surface area contributed by atoms with Gasteiger partial charge in [0.05, 0.1) is 12.0 Å². The Kier molecular flexibility index (Phi) is 8.23. The summed E-state index contributed by atoms with van der Waals surface area (Å²) in [6, 6.07) is 3.64. The van der Waals surface area contributed by atoms with Crippen LogP contribution in [0.3, 0.4) is 0 Å². The van der Waals surface area contributed by atoms with Crippen molar-refractivity contribution in [3.63, 3.8) is 0 Å². The number of halogens is 1. The summed E-state index contributed by atoms with van der Waals surface area (Å²) in [6.07, 6.45) is 3.67. The van der Waals surface area contributed by atoms with Crippen molar-refractivity contribution in [2.75, 3.05) is 13.6 Å². The van der Waals surface area contributed by atoms with Gasteiger partial charge in [0, 0.05) is 38.9 Å². The van der Waals surface area contributed by atoms with Crippen LogP contribution < -0.4 is 5.32 Å². The second kappa shape index (κ2) is 10.4. The van der Waals surface area contributed by atoms with Crippen molar-refractivity contribution in [3.8, 4) is 11.6 Å². The first-order valence-corrected chi connectivity index (χ1v) is 9.45. The van der Waals surface area contributed by atoms with Crippen molar-refractivity contribution in [1.82, 2.24) is 35.2 Å². The average molecular weight is 512 g/mol. The number of nitrogens with zero attached hydrogens (tertiary/aromatic N) is 6. The molecule has 0 saturated carbocycles. The van der Waals surface area contributed by atoms with Crippen molar-refractivity contribution in [3.05, 3.63) is 41.7 Å². The summed E-state index contributed by atoms with van der Waals surface area (Å²) in [5, 5.41) is 15.0. The molecule has 0 radical (unpaired) electrons. The number of hydrogen-bond donors (Lipinski definition) is 2. The number of aliphatic imine (C=N–C) groups is 1. The van der Waals surface area contributed by atoms with Crippen LogP contribution in [0.4, 0.5) is 0 Å². The van der Waals surface area contributed by atoms with Crippen LogP contribution in [0, 0.1) is 0 Å². The van der Waals surface area contributed by atoms with Crippen molar-refractivity contribution in [2.24, 2.45) is 12.0 Å². The molecule has 0 amide bonds. The lowest BCUT2D eigenvalue weighted by Crippen LogP contribution is -2.38. The van der Waals surface area contributed by atoms with E-state index in [1.165, 1.54) is 5.56 Å². The maximum atomic E-state index is 5.32. The minimum Gasteiger partial charge on any atom is -0.461 e. The molecule has 0 bridgehead atoms. The molecule has 2 N–H and O–H groups in total. The Labute approximate surface area is 188 Å². The highest BCUT2D eigenvalue weighted by molar-refractivity contribution is 14.0. The predicted octanol–water partition coefficient (Wildman–Crippen LogP) is 3.14. The van der Waals surface area contributed by atoms with Gasteiger partial charge in [-0.2, -0.15) is 5.10 Å². The number of hydrogen-bond acceptors (Lipinski definition) is 5. The van der Waals surface area contributed by atoms with E-state index in [0.29, 0.717) is 29.9 Å². The van der Waals surface area contributed by atoms with Gasteiger partial charge >= 0.3 is 0 Å². The van der Waals surface area contributed by atoms with Crippen LogP contribution in [0.2, 0.25) is 0 Å². The summed E-state index contributed by atoms with van der Waals surface area (Å²) in [5.74, 6) is 3.02. The fourth-order valence-corrected chi connectivity index (χ4v) is 2.99. The van der Waals surface area contributed by atoms with Gasteiger partial charge in [-0.3, -0.25) is 9.78 Å². The van der Waals surface area contributed by atoms with E-state index in [1.54, 1.807) is 6.26 Å². The van der Waals surface area contributed by atoms with Gasteiger partial charge in [0.2, 0.25) is 5.82 Å². The molecule has 0 saturated heterocycles. The van der Waals surface area contributed by atoms with Crippen LogP contribution in [-0.2, 0) is 20.1 Å². The topological polar surface area (TPSA) is 100 Å². The standard InChI is InChI=1S/C19H28N8O.HI/c1-6-20-19(26(4)11-14-12-27(5)25-17(14)13(2)3)21-10-16-22-18(24-23-16)15-8-7-9-28-15;/h7-9,12-13H,6,10-11H2,1-5H3,(H,20,21)(H,22,23,24);1H. The number of H-pyrrole nitrogens is 1. The van der Waals surface area contributed by atoms with Crippen molar-refractivity contribution >= 4 is 29.9 Å². The number of rotatable bonds is 7. The molecule has 3 aromatic rings. The molecule has 9 nitrogen and oxygen atoms in total. The second-order valence-corrected chi connectivity index (χ2v) is 6.98. The molecule has 29 heavy (non-hydrogen) atoms. The van der Waals surface area contributed by atoms with E-state index in [2.05, 4.69) is 57.5 Å². The molecule has 0 aromatic carbocycles. The van der Waals surface area contributed by atoms with Gasteiger partial charge in [0.1, 0.15) is 12.4 Å². The largest absolute Gasteiger partial charge is 0.461 e. The average Bonchev–Trinajstić information content (AvgIpc) is 3.38. The van der Waals surface area contributed by atoms with E-state index >= 15 is 0 Å². The van der Waals surface area contributed by atoms with Gasteiger partial charge in [0.15, 0.2) is 11.7 Å². The molecule has 0 fully saturated rings. The van der Waals surface area contributed by atoms with E-state index in [-0.39, 0.29) is 24.0 Å². The molecule has 0 unspecified atom stereocenters. The zero-order valence-corrected chi connectivity index (χ0v) is 19.8. The molecule has 158 valence electrons. The Balaban J connectivity index is 0.00000300. The summed E-state index contributed by atoms with van der Waals surface area (Å²) in [6.45, 7) is 8.26. The number of furan rings is 1. The molecule has 0 aliphatic heterocycles. The van der Waals surface area contributed by atoms with Crippen LogP contribution in [0.15, 0.2) is 34.0 Å². The second-order valence-electron chi connectivity index (χ2n) is 6.98. The van der Waals surface area contributed by atoms with Gasteiger partial charge in [0.25, 0.3) is 0 Å². The molecule has 0 aliphatic rings. The number of nitrogens with one attached hydrogen (secondary N) is 2. The van der Waals surface area contributed by atoms with Gasteiger partial charge in [-0.15, -0.1) is 29.1 Å². The number of aryl methyl sites for hydroxylation is 1. The lowest BCUT2D eigenvalue weighted by molar-refractivity contribution is 0.473. The zero-order valence-electron chi connectivity index (χ0n) is 17.5. The van der Waals surface area contributed by atoms with Gasteiger partial charge in [-0.25, -0.2) is 9.98 Å². The molecule has 0 atom stereocenters. The van der Waals surface area contributed by atoms with E-state index in [1.807, 2.05) is 30.9 Å². The molecule has 3 heterocycles. The van der Waals surface area contributed by atoms with Crippen LogP contribution >= 0.6 is 24.0 Å². The Morgan fingerprint density at radius 3 is 2.86 bits per heavy atom. The molecule has 10 heteroatoms. The highest BCUT2D eigenvalue weighted by Gasteiger charge is 2.15. The Morgan fingerprint density at radius 2 is 2.21 bits per heavy atom. The lowest BCUT2D eigenvalue weighted by Gasteiger charge is -2.22. The Morgan fingerprint density at radius 1 is 1.41 bits per heavy atom. The first-order valence-electron chi connectivity index (χ1n) is 9.45. The van der Waals surface area contributed by atoms with Crippen LogP contribution in [0.25, 0.3) is 11.6 Å². The lowest BCUT2D eigenvalue weighted by atomic mass is 10.1. The van der Waals surface area contributed by atoms with E-state index in [4.69, 9.17) is 9.41 Å². The SMILES string of the molecule is CCNC(=NCc1nc(-c2ccco2)n[nH]1)N(C)Cc1cn(C)nc1C(C)C.I. The molecule has 0 spiro atoms. The minimum absolute atomic E-state index is 0. The summed E-state index contributed by atoms with van der Waals surface area (Å²) in [7, 11) is 3.97. The maximum absolute atomic E-state index is 5.32. The zero-order chi connectivity index (χ0) is 20.1. The normalized spacial score (nSPS) is 11.6. The highest BCUT2D eigenvalue weighted by atomic mass is 127. The smallest absolute Gasteiger partial charge is 0.216 e. The molecular weight excluding hydrogens is 483 g/mol. The van der Waals surface area contributed by atoms with Crippen molar-refractivity contribution in [2.45, 2.75) is 39.8 Å². The van der Waals surface area contributed by atoms with Gasteiger partial charge in [-0.05, 0) is 25.0 Å². The first kappa shape index (κ1) is 22.9.